The van der Waals surface area contributed by atoms with Gasteiger partial charge in [0.1, 0.15) is 23.8 Å². The van der Waals surface area contributed by atoms with Crippen LogP contribution in [0.1, 0.15) is 50.3 Å². The molecule has 8 nitrogen and oxygen atoms in total. The van der Waals surface area contributed by atoms with Gasteiger partial charge in [0, 0.05) is 18.7 Å². The number of likely N-dealkylation sites (N-methyl/N-ethyl adjacent to an activating group) is 1. The van der Waals surface area contributed by atoms with Gasteiger partial charge < -0.3 is 26.6 Å². The Bertz CT molecular complexity index is 1370. The standard InChI is InChI=1S/C32H37F2N3O5/c1-4-36-32(42)29(18(2)3)37-26(39)17-25(38)28(35)27(20-14-21(33)16-22(34)15-20)31(41)30(40)24-13-9-8-12-23(24)19-10-6-5-7-11-19/h5-16,18,25,27-30,38,40H,4,17,35H2,1-3H3,(H,36,42)(H,37,39)/t25-,27?,28+,29-,30?/m0/s1. The number of aliphatic hydroxyl groups is 2. The molecule has 3 rings (SSSR count). The number of hydrogen-bond donors (Lipinski definition) is 5. The summed E-state index contributed by atoms with van der Waals surface area (Å²) in [5, 5.41) is 27.5. The van der Waals surface area contributed by atoms with Crippen molar-refractivity contribution in [1.29, 1.82) is 0 Å². The lowest BCUT2D eigenvalue weighted by Gasteiger charge is -2.30. The number of benzene rings is 3. The first-order valence-electron chi connectivity index (χ1n) is 13.8. The molecule has 5 atom stereocenters. The first-order chi connectivity index (χ1) is 19.9. The average molecular weight is 582 g/mol. The van der Waals surface area contributed by atoms with Gasteiger partial charge in [0.05, 0.1) is 18.4 Å². The summed E-state index contributed by atoms with van der Waals surface area (Å²) in [7, 11) is 0. The molecule has 3 aromatic rings. The minimum Gasteiger partial charge on any atom is -0.391 e. The van der Waals surface area contributed by atoms with Crippen molar-refractivity contribution >= 4 is 17.6 Å². The number of nitrogens with two attached hydrogens (primary N) is 1. The van der Waals surface area contributed by atoms with Crippen molar-refractivity contribution in [2.45, 2.75) is 57.4 Å². The van der Waals surface area contributed by atoms with E-state index in [1.807, 2.05) is 6.07 Å². The molecule has 2 amide bonds. The highest BCUT2D eigenvalue weighted by atomic mass is 19.1. The molecule has 0 saturated heterocycles. The van der Waals surface area contributed by atoms with Crippen molar-refractivity contribution < 1.29 is 33.4 Å². The van der Waals surface area contributed by atoms with Crippen molar-refractivity contribution in [2.75, 3.05) is 6.54 Å². The van der Waals surface area contributed by atoms with Crippen LogP contribution < -0.4 is 16.4 Å². The van der Waals surface area contributed by atoms with Crippen molar-refractivity contribution in [3.8, 4) is 11.1 Å². The lowest BCUT2D eigenvalue weighted by Crippen LogP contribution is -2.52. The van der Waals surface area contributed by atoms with Crippen molar-refractivity contribution in [3.63, 3.8) is 0 Å². The second kappa shape index (κ2) is 14.8. The zero-order valence-electron chi connectivity index (χ0n) is 23.8. The molecule has 42 heavy (non-hydrogen) atoms. The molecule has 10 heteroatoms. The second-order valence-electron chi connectivity index (χ2n) is 10.5. The van der Waals surface area contributed by atoms with Gasteiger partial charge >= 0.3 is 0 Å². The van der Waals surface area contributed by atoms with E-state index in [1.54, 1.807) is 69.3 Å². The maximum Gasteiger partial charge on any atom is 0.242 e. The number of carbonyl (C=O) groups excluding carboxylic acids is 3. The van der Waals surface area contributed by atoms with Crippen LogP contribution in [0.3, 0.4) is 0 Å². The van der Waals surface area contributed by atoms with Crippen LogP contribution in [0.4, 0.5) is 8.78 Å². The summed E-state index contributed by atoms with van der Waals surface area (Å²) in [6.45, 7) is 5.57. The Morgan fingerprint density at radius 3 is 2.10 bits per heavy atom. The molecule has 6 N–H and O–H groups in total. The summed E-state index contributed by atoms with van der Waals surface area (Å²) in [6.07, 6.45) is -4.07. The lowest BCUT2D eigenvalue weighted by molar-refractivity contribution is -0.132. The summed E-state index contributed by atoms with van der Waals surface area (Å²) in [6, 6.07) is 15.6. The third kappa shape index (κ3) is 8.06. The molecule has 2 unspecified atom stereocenters. The third-order valence-corrected chi connectivity index (χ3v) is 7.00. The molecule has 0 bridgehead atoms. The van der Waals surface area contributed by atoms with Gasteiger partial charge in [-0.25, -0.2) is 8.78 Å². The van der Waals surface area contributed by atoms with Gasteiger partial charge in [0.15, 0.2) is 5.78 Å². The van der Waals surface area contributed by atoms with E-state index in [2.05, 4.69) is 10.6 Å². The van der Waals surface area contributed by atoms with Gasteiger partial charge in [0.25, 0.3) is 0 Å². The third-order valence-electron chi connectivity index (χ3n) is 7.00. The largest absolute Gasteiger partial charge is 0.391 e. The van der Waals surface area contributed by atoms with Crippen molar-refractivity contribution in [1.82, 2.24) is 10.6 Å². The van der Waals surface area contributed by atoms with Crippen LogP contribution in [0.2, 0.25) is 0 Å². The topological polar surface area (TPSA) is 142 Å². The molecule has 0 aliphatic rings. The average Bonchev–Trinajstić information content (AvgIpc) is 2.95. The SMILES string of the molecule is CCNC(=O)[C@@H](NC(=O)C[C@H](O)[C@@H](N)C(C(=O)C(O)c1ccccc1-c1ccccc1)c1cc(F)cc(F)c1)C(C)C. The summed E-state index contributed by atoms with van der Waals surface area (Å²) in [5.74, 6) is -5.86. The molecule has 0 heterocycles. The smallest absolute Gasteiger partial charge is 0.242 e. The summed E-state index contributed by atoms with van der Waals surface area (Å²) < 4.78 is 28.5. The van der Waals surface area contributed by atoms with Gasteiger partial charge in [-0.15, -0.1) is 0 Å². The van der Waals surface area contributed by atoms with Crippen molar-refractivity contribution in [3.05, 3.63) is 95.6 Å². The fourth-order valence-corrected chi connectivity index (χ4v) is 4.87. The zero-order chi connectivity index (χ0) is 31.0. The van der Waals surface area contributed by atoms with Crippen LogP contribution in [-0.2, 0) is 14.4 Å². The van der Waals surface area contributed by atoms with Crippen LogP contribution in [0, 0.1) is 17.6 Å². The molecule has 0 radical (unpaired) electrons. The molecule has 0 aromatic heterocycles. The zero-order valence-corrected chi connectivity index (χ0v) is 23.8. The molecule has 0 fully saturated rings. The van der Waals surface area contributed by atoms with E-state index >= 15 is 0 Å². The number of aliphatic hydroxyl groups excluding tert-OH is 2. The summed E-state index contributed by atoms with van der Waals surface area (Å²) >= 11 is 0. The first kappa shape index (κ1) is 32.5. The number of amides is 2. The van der Waals surface area contributed by atoms with Crippen LogP contribution in [0.15, 0.2) is 72.8 Å². The predicted octanol–water partition coefficient (Wildman–Crippen LogP) is 3.37. The molecule has 0 aliphatic heterocycles. The molecule has 0 spiro atoms. The van der Waals surface area contributed by atoms with Gasteiger partial charge in [-0.1, -0.05) is 68.4 Å². The van der Waals surface area contributed by atoms with E-state index in [1.165, 1.54) is 0 Å². The van der Waals surface area contributed by atoms with E-state index in [-0.39, 0.29) is 17.0 Å². The van der Waals surface area contributed by atoms with E-state index < -0.39 is 65.9 Å². The highest BCUT2D eigenvalue weighted by Crippen LogP contribution is 2.34. The number of Topliss-reactive ketones (excluding diaryl/α,β-unsaturated/α-hetero) is 1. The predicted molar refractivity (Wildman–Crippen MR) is 155 cm³/mol. The number of ketones is 1. The number of rotatable bonds is 13. The van der Waals surface area contributed by atoms with Crippen LogP contribution in [-0.4, -0.2) is 52.5 Å². The highest BCUT2D eigenvalue weighted by molar-refractivity contribution is 5.93. The molecule has 3 aromatic carbocycles. The summed E-state index contributed by atoms with van der Waals surface area (Å²) in [4.78, 5) is 39.1. The Balaban J connectivity index is 1.94. The summed E-state index contributed by atoms with van der Waals surface area (Å²) in [5.41, 5.74) is 7.63. The van der Waals surface area contributed by atoms with E-state index in [0.717, 1.165) is 17.7 Å². The quantitative estimate of drug-likeness (QED) is 0.210. The molecule has 0 saturated carbocycles. The van der Waals surface area contributed by atoms with E-state index in [9.17, 15) is 33.4 Å². The van der Waals surface area contributed by atoms with Crippen LogP contribution in [0.5, 0.6) is 0 Å². The number of hydrogen-bond acceptors (Lipinski definition) is 6. The second-order valence-corrected chi connectivity index (χ2v) is 10.5. The van der Waals surface area contributed by atoms with Crippen molar-refractivity contribution in [2.24, 2.45) is 11.7 Å². The number of nitrogens with one attached hydrogen (secondary N) is 2. The van der Waals surface area contributed by atoms with Gasteiger partial charge in [0.2, 0.25) is 11.8 Å². The lowest BCUT2D eigenvalue weighted by atomic mass is 9.80. The normalized spacial score (nSPS) is 14.9. The molecular formula is C32H37F2N3O5. The maximum absolute atomic E-state index is 14.3. The number of halogens is 2. The van der Waals surface area contributed by atoms with E-state index in [4.69, 9.17) is 5.73 Å². The Morgan fingerprint density at radius 1 is 0.905 bits per heavy atom. The van der Waals surface area contributed by atoms with Crippen LogP contribution in [0.25, 0.3) is 11.1 Å². The monoisotopic (exact) mass is 581 g/mol. The Hall–Kier alpha value is -3.99. The Labute approximate surface area is 243 Å². The molecule has 0 aliphatic carbocycles. The highest BCUT2D eigenvalue weighted by Gasteiger charge is 2.38. The van der Waals surface area contributed by atoms with Crippen LogP contribution >= 0.6 is 0 Å². The Kier molecular flexibility index (Phi) is 11.4. The van der Waals surface area contributed by atoms with Gasteiger partial charge in [-0.3, -0.25) is 14.4 Å². The molecule has 224 valence electrons. The van der Waals surface area contributed by atoms with Gasteiger partial charge in [-0.2, -0.15) is 0 Å². The fourth-order valence-electron chi connectivity index (χ4n) is 4.87. The molecular weight excluding hydrogens is 544 g/mol. The van der Waals surface area contributed by atoms with Gasteiger partial charge in [-0.05, 0) is 47.2 Å². The van der Waals surface area contributed by atoms with E-state index in [0.29, 0.717) is 18.2 Å². The number of carbonyl (C=O) groups is 3. The maximum atomic E-state index is 14.3. The minimum atomic E-state index is -1.78. The first-order valence-corrected chi connectivity index (χ1v) is 13.8. The Morgan fingerprint density at radius 2 is 1.50 bits per heavy atom. The minimum absolute atomic E-state index is 0.205. The fraction of sp³-hybridized carbons (Fsp3) is 0.344.